The number of hydrogen-bond acceptors (Lipinski definition) is 2. The molecule has 0 aromatic heterocycles. The van der Waals surface area contributed by atoms with Crippen LogP contribution in [0.5, 0.6) is 0 Å². The van der Waals surface area contributed by atoms with Crippen LogP contribution in [0, 0.1) is 5.82 Å². The summed E-state index contributed by atoms with van der Waals surface area (Å²) < 4.78 is 13.0. The zero-order valence-electron chi connectivity index (χ0n) is 6.90. The van der Waals surface area contributed by atoms with Gasteiger partial charge in [-0.1, -0.05) is 24.3 Å². The maximum Gasteiger partial charge on any atom is 0.153 e. The van der Waals surface area contributed by atoms with Crippen molar-refractivity contribution in [2.45, 2.75) is 0 Å². The lowest BCUT2D eigenvalue weighted by Gasteiger charge is -1.98. The topological polar surface area (TPSA) is 17.1 Å². The minimum Gasteiger partial charge on any atom is -0.298 e. The molecule has 1 rings (SSSR count). The van der Waals surface area contributed by atoms with Crippen LogP contribution in [-0.4, -0.2) is 12.0 Å². The summed E-state index contributed by atoms with van der Waals surface area (Å²) in [5, 5.41) is 0. The number of benzene rings is 1. The zero-order chi connectivity index (χ0) is 9.68. The van der Waals surface area contributed by atoms with Gasteiger partial charge in [-0.15, -0.1) is 0 Å². The molecule has 13 heavy (non-hydrogen) atoms. The Hall–Kier alpha value is -1.09. The minimum absolute atomic E-state index is 0.0977. The minimum atomic E-state index is -0.490. The first-order valence-electron chi connectivity index (χ1n) is 3.80. The van der Waals surface area contributed by atoms with Crippen molar-refractivity contribution in [2.75, 3.05) is 5.75 Å². The van der Waals surface area contributed by atoms with Gasteiger partial charge in [0.25, 0.3) is 0 Å². The van der Waals surface area contributed by atoms with Crippen molar-refractivity contribution in [3.8, 4) is 0 Å². The standard InChI is InChI=1S/C10H9FOS/c11-10-5-1-3-8(4-2-6-13)9(10)7-12/h1-5,7,13H,6H2. The van der Waals surface area contributed by atoms with E-state index in [9.17, 15) is 9.18 Å². The average molecular weight is 196 g/mol. The molecule has 0 heterocycles. The van der Waals surface area contributed by atoms with Gasteiger partial charge in [-0.3, -0.25) is 4.79 Å². The third-order valence-electron chi connectivity index (χ3n) is 1.61. The van der Waals surface area contributed by atoms with Crippen LogP contribution in [0.3, 0.4) is 0 Å². The fourth-order valence-electron chi connectivity index (χ4n) is 1.00. The van der Waals surface area contributed by atoms with E-state index in [0.29, 0.717) is 17.6 Å². The molecule has 0 aliphatic heterocycles. The molecular formula is C10H9FOS. The van der Waals surface area contributed by atoms with Crippen molar-refractivity contribution in [3.63, 3.8) is 0 Å². The fraction of sp³-hybridized carbons (Fsp3) is 0.100. The lowest BCUT2D eigenvalue weighted by molar-refractivity contribution is 0.111. The predicted molar refractivity (Wildman–Crippen MR) is 54.7 cm³/mol. The van der Waals surface area contributed by atoms with Crippen molar-refractivity contribution in [2.24, 2.45) is 0 Å². The second kappa shape index (κ2) is 4.82. The molecule has 0 N–H and O–H groups in total. The maximum atomic E-state index is 13.0. The molecule has 0 aliphatic carbocycles. The van der Waals surface area contributed by atoms with Crippen molar-refractivity contribution in [3.05, 3.63) is 41.2 Å². The van der Waals surface area contributed by atoms with Crippen LogP contribution in [0.2, 0.25) is 0 Å². The number of aldehydes is 1. The Morgan fingerprint density at radius 1 is 1.46 bits per heavy atom. The summed E-state index contributed by atoms with van der Waals surface area (Å²) in [7, 11) is 0. The van der Waals surface area contributed by atoms with E-state index in [-0.39, 0.29) is 5.56 Å². The number of carbonyl (C=O) groups is 1. The lowest BCUT2D eigenvalue weighted by Crippen LogP contribution is -1.91. The normalized spacial score (nSPS) is 10.6. The van der Waals surface area contributed by atoms with E-state index in [2.05, 4.69) is 12.6 Å². The highest BCUT2D eigenvalue weighted by molar-refractivity contribution is 7.80. The number of rotatable bonds is 3. The summed E-state index contributed by atoms with van der Waals surface area (Å²) in [5.41, 5.74) is 0.685. The van der Waals surface area contributed by atoms with Gasteiger partial charge >= 0.3 is 0 Å². The Balaban J connectivity index is 3.12. The van der Waals surface area contributed by atoms with E-state index in [1.807, 2.05) is 0 Å². The van der Waals surface area contributed by atoms with Crippen molar-refractivity contribution >= 4 is 25.0 Å². The largest absolute Gasteiger partial charge is 0.298 e. The molecule has 0 aliphatic rings. The molecule has 0 fully saturated rings. The number of thiol groups is 1. The summed E-state index contributed by atoms with van der Waals surface area (Å²) in [6.45, 7) is 0. The Kier molecular flexibility index (Phi) is 3.71. The van der Waals surface area contributed by atoms with Gasteiger partial charge in [-0.2, -0.15) is 12.6 Å². The van der Waals surface area contributed by atoms with Crippen molar-refractivity contribution in [1.29, 1.82) is 0 Å². The fourth-order valence-corrected chi connectivity index (χ4v) is 1.11. The Morgan fingerprint density at radius 3 is 2.85 bits per heavy atom. The second-order valence-electron chi connectivity index (χ2n) is 2.45. The van der Waals surface area contributed by atoms with Gasteiger partial charge in [-0.25, -0.2) is 4.39 Å². The van der Waals surface area contributed by atoms with Gasteiger partial charge in [0.15, 0.2) is 6.29 Å². The van der Waals surface area contributed by atoms with Crippen LogP contribution < -0.4 is 0 Å². The number of halogens is 1. The first-order chi connectivity index (χ1) is 6.29. The molecule has 1 aromatic carbocycles. The van der Waals surface area contributed by atoms with Gasteiger partial charge in [0.2, 0.25) is 0 Å². The number of carbonyl (C=O) groups excluding carboxylic acids is 1. The summed E-state index contributed by atoms with van der Waals surface area (Å²) in [5.74, 6) is 0.0748. The summed E-state index contributed by atoms with van der Waals surface area (Å²) >= 11 is 3.97. The molecule has 0 bridgehead atoms. The van der Waals surface area contributed by atoms with E-state index in [1.54, 1.807) is 24.3 Å². The van der Waals surface area contributed by atoms with Gasteiger partial charge < -0.3 is 0 Å². The van der Waals surface area contributed by atoms with Crippen LogP contribution >= 0.6 is 12.6 Å². The Bertz CT molecular complexity index is 334. The Labute approximate surface area is 81.7 Å². The Morgan fingerprint density at radius 2 is 2.23 bits per heavy atom. The van der Waals surface area contributed by atoms with E-state index >= 15 is 0 Å². The first kappa shape index (κ1) is 9.99. The van der Waals surface area contributed by atoms with E-state index < -0.39 is 5.82 Å². The molecule has 0 atom stereocenters. The molecule has 0 amide bonds. The molecule has 68 valence electrons. The molecule has 3 heteroatoms. The average Bonchev–Trinajstić information content (AvgIpc) is 2.15. The maximum absolute atomic E-state index is 13.0. The highest BCUT2D eigenvalue weighted by Crippen LogP contribution is 2.12. The third kappa shape index (κ3) is 2.42. The van der Waals surface area contributed by atoms with Crippen LogP contribution in [0.4, 0.5) is 4.39 Å². The molecule has 0 spiro atoms. The first-order valence-corrected chi connectivity index (χ1v) is 4.44. The number of hydrogen-bond donors (Lipinski definition) is 1. The van der Waals surface area contributed by atoms with Crippen LogP contribution in [-0.2, 0) is 0 Å². The quantitative estimate of drug-likeness (QED) is 0.581. The lowest BCUT2D eigenvalue weighted by atomic mass is 10.1. The van der Waals surface area contributed by atoms with Crippen LogP contribution in [0.25, 0.3) is 6.08 Å². The predicted octanol–water partition coefficient (Wildman–Crippen LogP) is 2.58. The van der Waals surface area contributed by atoms with Crippen molar-refractivity contribution in [1.82, 2.24) is 0 Å². The van der Waals surface area contributed by atoms with Gasteiger partial charge in [0, 0.05) is 5.75 Å². The van der Waals surface area contributed by atoms with Gasteiger partial charge in [-0.05, 0) is 11.6 Å². The second-order valence-corrected chi connectivity index (χ2v) is 2.81. The molecule has 0 saturated heterocycles. The van der Waals surface area contributed by atoms with Crippen molar-refractivity contribution < 1.29 is 9.18 Å². The highest BCUT2D eigenvalue weighted by Gasteiger charge is 2.03. The molecule has 1 nitrogen and oxygen atoms in total. The van der Waals surface area contributed by atoms with E-state index in [1.165, 1.54) is 6.07 Å². The smallest absolute Gasteiger partial charge is 0.153 e. The molecule has 1 aromatic rings. The summed E-state index contributed by atoms with van der Waals surface area (Å²) in [4.78, 5) is 10.5. The SMILES string of the molecule is O=Cc1c(F)cccc1C=CCS. The molecule has 0 saturated carbocycles. The van der Waals surface area contributed by atoms with Gasteiger partial charge in [0.1, 0.15) is 5.82 Å². The molecular weight excluding hydrogens is 187 g/mol. The summed E-state index contributed by atoms with van der Waals surface area (Å²) in [6, 6.07) is 4.52. The molecule has 0 radical (unpaired) electrons. The molecule has 0 unspecified atom stereocenters. The third-order valence-corrected chi connectivity index (χ3v) is 1.82. The van der Waals surface area contributed by atoms with E-state index in [4.69, 9.17) is 0 Å². The van der Waals surface area contributed by atoms with E-state index in [0.717, 1.165) is 0 Å². The highest BCUT2D eigenvalue weighted by atomic mass is 32.1. The summed E-state index contributed by atoms with van der Waals surface area (Å²) in [6.07, 6.45) is 3.96. The van der Waals surface area contributed by atoms with Crippen LogP contribution in [0.1, 0.15) is 15.9 Å². The van der Waals surface area contributed by atoms with Crippen LogP contribution in [0.15, 0.2) is 24.3 Å². The monoisotopic (exact) mass is 196 g/mol. The van der Waals surface area contributed by atoms with Gasteiger partial charge in [0.05, 0.1) is 5.56 Å². The zero-order valence-corrected chi connectivity index (χ0v) is 7.80.